The van der Waals surface area contributed by atoms with Crippen molar-refractivity contribution in [3.05, 3.63) is 26.4 Å². The zero-order valence-corrected chi connectivity index (χ0v) is 14.9. The Balaban J connectivity index is 1.77. The largest absolute Gasteiger partial charge is 0.325 e. The molecule has 1 saturated heterocycles. The summed E-state index contributed by atoms with van der Waals surface area (Å²) in [6.45, 7) is 3.26. The van der Waals surface area contributed by atoms with Crippen LogP contribution in [0.5, 0.6) is 0 Å². The van der Waals surface area contributed by atoms with E-state index in [9.17, 15) is 18.0 Å². The minimum atomic E-state index is -3.06. The Labute approximate surface area is 142 Å². The second-order valence-electron chi connectivity index (χ2n) is 5.77. The molecule has 1 N–H and O–H groups in total. The van der Waals surface area contributed by atoms with Gasteiger partial charge in [-0.3, -0.25) is 9.59 Å². The van der Waals surface area contributed by atoms with Crippen LogP contribution in [-0.2, 0) is 21.2 Å². The van der Waals surface area contributed by atoms with Gasteiger partial charge in [0.15, 0.2) is 9.84 Å². The van der Waals surface area contributed by atoms with Gasteiger partial charge in [0.1, 0.15) is 17.4 Å². The quantitative estimate of drug-likeness (QED) is 0.816. The Hall–Kier alpha value is -2.01. The van der Waals surface area contributed by atoms with Crippen molar-refractivity contribution in [1.29, 1.82) is 0 Å². The second kappa shape index (κ2) is 6.13. The fourth-order valence-corrected chi connectivity index (χ4v) is 4.98. The third-order valence-electron chi connectivity index (χ3n) is 3.68. The van der Waals surface area contributed by atoms with E-state index in [1.165, 1.54) is 0 Å². The molecule has 1 aliphatic rings. The maximum Gasteiger partial charge on any atom is 0.325 e. The highest BCUT2D eigenvalue weighted by atomic mass is 32.2. The van der Waals surface area contributed by atoms with Crippen molar-refractivity contribution in [1.82, 2.24) is 19.6 Å². The standard InChI is InChI=1S/C13H17N5O4S2/c1-8-5-11(18(15-8)10-3-4-24(21,22)7-10)14-12(19)6-17-13(20)23-9(2)16-17/h5,10H,3-4,6-7H2,1-2H3,(H,14,19). The lowest BCUT2D eigenvalue weighted by Crippen LogP contribution is -2.27. The summed E-state index contributed by atoms with van der Waals surface area (Å²) in [4.78, 5) is 23.5. The van der Waals surface area contributed by atoms with E-state index < -0.39 is 15.7 Å². The molecule has 1 amide bonds. The molecule has 0 radical (unpaired) electrons. The van der Waals surface area contributed by atoms with Crippen LogP contribution >= 0.6 is 11.3 Å². The van der Waals surface area contributed by atoms with Crippen molar-refractivity contribution in [2.24, 2.45) is 0 Å². The molecule has 0 aromatic carbocycles. The van der Waals surface area contributed by atoms with Crippen LogP contribution in [0, 0.1) is 13.8 Å². The lowest BCUT2D eigenvalue weighted by atomic mass is 10.3. The van der Waals surface area contributed by atoms with E-state index in [0.717, 1.165) is 16.0 Å². The van der Waals surface area contributed by atoms with Crippen LogP contribution in [0.2, 0.25) is 0 Å². The minimum absolute atomic E-state index is 0.0156. The number of hydrogen-bond donors (Lipinski definition) is 1. The molecule has 130 valence electrons. The number of anilines is 1. The highest BCUT2D eigenvalue weighted by Gasteiger charge is 2.31. The molecule has 3 heterocycles. The Morgan fingerprint density at radius 1 is 1.42 bits per heavy atom. The first kappa shape index (κ1) is 16.8. The molecule has 0 saturated carbocycles. The third-order valence-corrected chi connectivity index (χ3v) is 6.19. The van der Waals surface area contributed by atoms with Gasteiger partial charge in [-0.2, -0.15) is 10.2 Å². The minimum Gasteiger partial charge on any atom is -0.309 e. The van der Waals surface area contributed by atoms with Crippen LogP contribution in [0.4, 0.5) is 5.82 Å². The van der Waals surface area contributed by atoms with Crippen molar-refractivity contribution in [2.45, 2.75) is 32.9 Å². The van der Waals surface area contributed by atoms with E-state index in [-0.39, 0.29) is 29.0 Å². The van der Waals surface area contributed by atoms with Crippen LogP contribution in [0.3, 0.4) is 0 Å². The average Bonchev–Trinajstić information content (AvgIpc) is 3.09. The number of aromatic nitrogens is 4. The lowest BCUT2D eigenvalue weighted by Gasteiger charge is -2.13. The number of rotatable bonds is 4. The first-order valence-corrected chi connectivity index (χ1v) is 9.98. The van der Waals surface area contributed by atoms with E-state index >= 15 is 0 Å². The number of hydrogen-bond acceptors (Lipinski definition) is 7. The molecule has 1 atom stereocenters. The topological polar surface area (TPSA) is 116 Å². The van der Waals surface area contributed by atoms with Crippen molar-refractivity contribution in [3.8, 4) is 0 Å². The number of nitrogens with zero attached hydrogens (tertiary/aromatic N) is 4. The van der Waals surface area contributed by atoms with Crippen LogP contribution in [0.25, 0.3) is 0 Å². The maximum absolute atomic E-state index is 12.2. The molecule has 9 nitrogen and oxygen atoms in total. The Morgan fingerprint density at radius 2 is 2.17 bits per heavy atom. The zero-order valence-electron chi connectivity index (χ0n) is 13.2. The van der Waals surface area contributed by atoms with Crippen LogP contribution in [-0.4, -0.2) is 45.4 Å². The van der Waals surface area contributed by atoms with Crippen molar-refractivity contribution in [3.63, 3.8) is 0 Å². The van der Waals surface area contributed by atoms with E-state index in [0.29, 0.717) is 22.9 Å². The third kappa shape index (κ3) is 3.56. The normalized spacial score (nSPS) is 19.5. The lowest BCUT2D eigenvalue weighted by molar-refractivity contribution is -0.117. The molecule has 0 spiro atoms. The van der Waals surface area contributed by atoms with Gasteiger partial charge in [0, 0.05) is 6.07 Å². The summed E-state index contributed by atoms with van der Waals surface area (Å²) in [5, 5.41) is 11.6. The van der Waals surface area contributed by atoms with Gasteiger partial charge in [0.2, 0.25) is 5.91 Å². The van der Waals surface area contributed by atoms with E-state index in [1.807, 2.05) is 0 Å². The Bertz CT molecular complexity index is 940. The van der Waals surface area contributed by atoms with Gasteiger partial charge in [-0.15, -0.1) is 0 Å². The van der Waals surface area contributed by atoms with E-state index in [1.54, 1.807) is 24.6 Å². The van der Waals surface area contributed by atoms with Crippen LogP contribution in [0.15, 0.2) is 10.9 Å². The number of nitrogens with one attached hydrogen (secondary N) is 1. The van der Waals surface area contributed by atoms with Crippen molar-refractivity contribution >= 4 is 32.9 Å². The molecule has 1 fully saturated rings. The molecule has 0 aliphatic carbocycles. The number of sulfone groups is 1. The molecule has 2 aromatic heterocycles. The molecule has 3 rings (SSSR count). The smallest absolute Gasteiger partial charge is 0.309 e. The van der Waals surface area contributed by atoms with Gasteiger partial charge in [0.05, 0.1) is 23.2 Å². The monoisotopic (exact) mass is 371 g/mol. The predicted molar refractivity (Wildman–Crippen MR) is 89.0 cm³/mol. The number of carbonyl (C=O) groups excluding carboxylic acids is 1. The Morgan fingerprint density at radius 3 is 2.75 bits per heavy atom. The molecule has 1 aliphatic heterocycles. The Kier molecular flexibility index (Phi) is 4.30. The fourth-order valence-electron chi connectivity index (χ4n) is 2.69. The van der Waals surface area contributed by atoms with Crippen molar-refractivity contribution in [2.75, 3.05) is 16.8 Å². The van der Waals surface area contributed by atoms with Gasteiger partial charge in [-0.25, -0.2) is 17.8 Å². The molecule has 24 heavy (non-hydrogen) atoms. The summed E-state index contributed by atoms with van der Waals surface area (Å²) < 4.78 is 26.0. The van der Waals surface area contributed by atoms with Gasteiger partial charge >= 0.3 is 4.87 Å². The first-order chi connectivity index (χ1) is 11.2. The molecule has 11 heteroatoms. The summed E-state index contributed by atoms with van der Waals surface area (Å²) in [6.07, 6.45) is 0.469. The second-order valence-corrected chi connectivity index (χ2v) is 9.14. The predicted octanol–water partition coefficient (Wildman–Crippen LogP) is 0.116. The zero-order chi connectivity index (χ0) is 17.5. The maximum atomic E-state index is 12.2. The molecule has 1 unspecified atom stereocenters. The van der Waals surface area contributed by atoms with Gasteiger partial charge < -0.3 is 5.32 Å². The fraction of sp³-hybridized carbons (Fsp3) is 0.538. The van der Waals surface area contributed by atoms with Gasteiger partial charge in [-0.05, 0) is 20.3 Å². The summed E-state index contributed by atoms with van der Waals surface area (Å²) >= 11 is 0.977. The number of carbonyl (C=O) groups is 1. The number of amides is 1. The highest BCUT2D eigenvalue weighted by molar-refractivity contribution is 7.91. The molecular formula is C13H17N5O4S2. The average molecular weight is 371 g/mol. The highest BCUT2D eigenvalue weighted by Crippen LogP contribution is 2.27. The van der Waals surface area contributed by atoms with Crippen molar-refractivity contribution < 1.29 is 13.2 Å². The summed E-state index contributed by atoms with van der Waals surface area (Å²) in [5.41, 5.74) is 0.677. The first-order valence-electron chi connectivity index (χ1n) is 7.34. The SMILES string of the molecule is Cc1cc(NC(=O)Cn2nc(C)sc2=O)n(C2CCS(=O)(=O)C2)n1. The van der Waals surface area contributed by atoms with Gasteiger partial charge in [-0.1, -0.05) is 11.3 Å². The summed E-state index contributed by atoms with van der Waals surface area (Å²) in [6, 6.07) is 1.39. The van der Waals surface area contributed by atoms with Gasteiger partial charge in [0.25, 0.3) is 0 Å². The van der Waals surface area contributed by atoms with Crippen LogP contribution < -0.4 is 10.2 Å². The molecule has 2 aromatic rings. The summed E-state index contributed by atoms with van der Waals surface area (Å²) in [7, 11) is -3.06. The number of aryl methyl sites for hydroxylation is 2. The van der Waals surface area contributed by atoms with E-state index in [2.05, 4.69) is 15.5 Å². The van der Waals surface area contributed by atoms with Crippen LogP contribution in [0.1, 0.15) is 23.2 Å². The molecular weight excluding hydrogens is 354 g/mol. The van der Waals surface area contributed by atoms with E-state index in [4.69, 9.17) is 0 Å². The summed E-state index contributed by atoms with van der Waals surface area (Å²) in [5.74, 6) is 0.156. The molecule has 0 bridgehead atoms.